The van der Waals surface area contributed by atoms with Gasteiger partial charge in [-0.05, 0) is 39.8 Å². The van der Waals surface area contributed by atoms with E-state index in [0.717, 1.165) is 52.2 Å². The second kappa shape index (κ2) is 6.97. The van der Waals surface area contributed by atoms with Crippen LogP contribution in [-0.4, -0.2) is 66.3 Å². The molecular formula is C14H27N3OS. The molecule has 2 aliphatic heterocycles. The molecule has 0 aliphatic carbocycles. The van der Waals surface area contributed by atoms with E-state index in [9.17, 15) is 0 Å². The van der Waals surface area contributed by atoms with E-state index in [4.69, 9.17) is 22.7 Å². The molecule has 0 spiro atoms. The third kappa shape index (κ3) is 4.38. The fourth-order valence-electron chi connectivity index (χ4n) is 3.01. The number of likely N-dealkylation sites (tertiary alicyclic amines) is 1. The molecule has 0 radical (unpaired) electrons. The normalized spacial score (nSPS) is 27.8. The number of rotatable bonds is 4. The highest BCUT2D eigenvalue weighted by Crippen LogP contribution is 2.19. The number of nitrogens with zero attached hydrogens (tertiary/aromatic N) is 2. The highest BCUT2D eigenvalue weighted by atomic mass is 32.1. The summed E-state index contributed by atoms with van der Waals surface area (Å²) in [6.07, 6.45) is 2.57. The first-order valence-electron chi connectivity index (χ1n) is 7.43. The molecule has 2 aliphatic rings. The van der Waals surface area contributed by atoms with Crippen molar-refractivity contribution in [3.63, 3.8) is 0 Å². The third-order valence-corrected chi connectivity index (χ3v) is 4.69. The second-order valence-electron chi connectivity index (χ2n) is 6.06. The monoisotopic (exact) mass is 285 g/mol. The number of morpholine rings is 1. The summed E-state index contributed by atoms with van der Waals surface area (Å²) in [4.78, 5) is 5.71. The van der Waals surface area contributed by atoms with Crippen molar-refractivity contribution < 1.29 is 4.74 Å². The van der Waals surface area contributed by atoms with Crippen LogP contribution in [0.25, 0.3) is 0 Å². The van der Waals surface area contributed by atoms with Gasteiger partial charge >= 0.3 is 0 Å². The van der Waals surface area contributed by atoms with Crippen molar-refractivity contribution in [3.05, 3.63) is 0 Å². The van der Waals surface area contributed by atoms with E-state index >= 15 is 0 Å². The summed E-state index contributed by atoms with van der Waals surface area (Å²) in [6.45, 7) is 10.8. The van der Waals surface area contributed by atoms with Gasteiger partial charge in [0.1, 0.15) is 0 Å². The predicted molar refractivity (Wildman–Crippen MR) is 82.4 cm³/mol. The first-order valence-corrected chi connectivity index (χ1v) is 7.84. The fourth-order valence-corrected chi connectivity index (χ4v) is 3.25. The highest BCUT2D eigenvalue weighted by molar-refractivity contribution is 7.80. The zero-order valence-corrected chi connectivity index (χ0v) is 13.0. The average molecular weight is 285 g/mol. The molecule has 2 N–H and O–H groups in total. The van der Waals surface area contributed by atoms with Crippen LogP contribution in [0.3, 0.4) is 0 Å². The number of hydrogen-bond donors (Lipinski definition) is 1. The summed E-state index contributed by atoms with van der Waals surface area (Å²) >= 11 is 5.09. The molecule has 2 rings (SSSR count). The number of thiocarbonyl (C=S) groups is 1. The molecule has 2 saturated heterocycles. The van der Waals surface area contributed by atoms with Crippen LogP contribution in [0.4, 0.5) is 0 Å². The van der Waals surface area contributed by atoms with Crippen LogP contribution >= 0.6 is 12.2 Å². The van der Waals surface area contributed by atoms with E-state index in [1.165, 1.54) is 0 Å². The lowest BCUT2D eigenvalue weighted by Gasteiger charge is -2.39. The molecule has 0 aromatic heterocycles. The van der Waals surface area contributed by atoms with Crippen LogP contribution in [0, 0.1) is 5.92 Å². The molecule has 2 heterocycles. The smallest absolute Gasteiger partial charge is 0.0829 e. The van der Waals surface area contributed by atoms with Crippen molar-refractivity contribution in [1.82, 2.24) is 9.80 Å². The minimum absolute atomic E-state index is 0.359. The first-order chi connectivity index (χ1) is 9.06. The quantitative estimate of drug-likeness (QED) is 0.783. The molecule has 0 aromatic rings. The van der Waals surface area contributed by atoms with E-state index in [1.54, 1.807) is 0 Å². The average Bonchev–Trinajstić information content (AvgIpc) is 2.39. The zero-order chi connectivity index (χ0) is 13.8. The molecule has 110 valence electrons. The summed E-state index contributed by atoms with van der Waals surface area (Å²) in [7, 11) is 0. The standard InChI is InChI=1S/C14H27N3OS/c1-11(2)17-7-8-18-13(10-17)9-16-5-3-12(4-6-16)14(15)19/h11-13H,3-10H2,1-2H3,(H2,15,19). The van der Waals surface area contributed by atoms with Crippen LogP contribution in [-0.2, 0) is 4.74 Å². The summed E-state index contributed by atoms with van der Waals surface area (Å²) in [5.74, 6) is 0.450. The second-order valence-corrected chi connectivity index (χ2v) is 6.53. The van der Waals surface area contributed by atoms with Gasteiger partial charge in [0, 0.05) is 31.6 Å². The lowest BCUT2D eigenvalue weighted by Crippen LogP contribution is -2.51. The van der Waals surface area contributed by atoms with E-state index in [-0.39, 0.29) is 0 Å². The molecule has 4 nitrogen and oxygen atoms in total. The number of nitrogens with two attached hydrogens (primary N) is 1. The Morgan fingerprint density at radius 3 is 2.58 bits per heavy atom. The number of hydrogen-bond acceptors (Lipinski definition) is 4. The molecule has 1 atom stereocenters. The number of piperidine rings is 1. The Labute approximate surface area is 122 Å². The van der Waals surface area contributed by atoms with Crippen LogP contribution in [0.1, 0.15) is 26.7 Å². The van der Waals surface area contributed by atoms with Crippen LogP contribution in [0.5, 0.6) is 0 Å². The van der Waals surface area contributed by atoms with Crippen molar-refractivity contribution in [2.45, 2.75) is 38.8 Å². The summed E-state index contributed by atoms with van der Waals surface area (Å²) in [5.41, 5.74) is 5.73. The summed E-state index contributed by atoms with van der Waals surface area (Å²) in [6, 6.07) is 0.617. The molecule has 0 aromatic carbocycles. The highest BCUT2D eigenvalue weighted by Gasteiger charge is 2.27. The minimum Gasteiger partial charge on any atom is -0.393 e. The van der Waals surface area contributed by atoms with Crippen molar-refractivity contribution in [3.8, 4) is 0 Å². The summed E-state index contributed by atoms with van der Waals surface area (Å²) < 4.78 is 5.90. The number of ether oxygens (including phenoxy) is 1. The van der Waals surface area contributed by atoms with Crippen molar-refractivity contribution >= 4 is 17.2 Å². The molecule has 0 saturated carbocycles. The Balaban J connectivity index is 1.74. The predicted octanol–water partition coefficient (Wildman–Crippen LogP) is 1.09. The molecule has 5 heteroatoms. The molecule has 0 amide bonds. The Bertz CT molecular complexity index is 303. The van der Waals surface area contributed by atoms with Gasteiger partial charge < -0.3 is 15.4 Å². The van der Waals surface area contributed by atoms with Gasteiger partial charge in [-0.15, -0.1) is 0 Å². The molecule has 19 heavy (non-hydrogen) atoms. The van der Waals surface area contributed by atoms with Gasteiger partial charge in [-0.1, -0.05) is 12.2 Å². The topological polar surface area (TPSA) is 41.7 Å². The summed E-state index contributed by atoms with van der Waals surface area (Å²) in [5, 5.41) is 0. The van der Waals surface area contributed by atoms with Gasteiger partial charge in [0.15, 0.2) is 0 Å². The van der Waals surface area contributed by atoms with E-state index in [1.807, 2.05) is 0 Å². The first kappa shape index (κ1) is 15.2. The van der Waals surface area contributed by atoms with Gasteiger partial charge in [-0.25, -0.2) is 0 Å². The fraction of sp³-hybridized carbons (Fsp3) is 0.929. The molecular weight excluding hydrogens is 258 g/mol. The lowest BCUT2D eigenvalue weighted by molar-refractivity contribution is -0.0543. The Morgan fingerprint density at radius 1 is 1.32 bits per heavy atom. The van der Waals surface area contributed by atoms with Gasteiger partial charge in [0.2, 0.25) is 0 Å². The van der Waals surface area contributed by atoms with Crippen LogP contribution < -0.4 is 5.73 Å². The molecule has 0 bridgehead atoms. The van der Waals surface area contributed by atoms with Crippen molar-refractivity contribution in [1.29, 1.82) is 0 Å². The van der Waals surface area contributed by atoms with Crippen molar-refractivity contribution in [2.24, 2.45) is 11.7 Å². The van der Waals surface area contributed by atoms with Crippen LogP contribution in [0.15, 0.2) is 0 Å². The van der Waals surface area contributed by atoms with E-state index in [0.29, 0.717) is 23.1 Å². The largest absolute Gasteiger partial charge is 0.393 e. The molecule has 1 unspecified atom stereocenters. The maximum atomic E-state index is 5.90. The van der Waals surface area contributed by atoms with Gasteiger partial charge in [-0.2, -0.15) is 0 Å². The van der Waals surface area contributed by atoms with E-state index in [2.05, 4.69) is 23.6 Å². The van der Waals surface area contributed by atoms with Crippen LogP contribution in [0.2, 0.25) is 0 Å². The van der Waals surface area contributed by atoms with Gasteiger partial charge in [0.25, 0.3) is 0 Å². The maximum Gasteiger partial charge on any atom is 0.0829 e. The Hall–Kier alpha value is -0.230. The SMILES string of the molecule is CC(C)N1CCOC(CN2CCC(C(N)=S)CC2)C1. The molecule has 2 fully saturated rings. The lowest BCUT2D eigenvalue weighted by atomic mass is 9.96. The Kier molecular flexibility index (Phi) is 5.57. The van der Waals surface area contributed by atoms with Gasteiger partial charge in [0.05, 0.1) is 17.7 Å². The third-order valence-electron chi connectivity index (χ3n) is 4.35. The Morgan fingerprint density at radius 2 is 2.00 bits per heavy atom. The zero-order valence-electron chi connectivity index (χ0n) is 12.2. The minimum atomic E-state index is 0.359. The van der Waals surface area contributed by atoms with Crippen molar-refractivity contribution in [2.75, 3.05) is 39.3 Å². The van der Waals surface area contributed by atoms with Gasteiger partial charge in [-0.3, -0.25) is 4.90 Å². The van der Waals surface area contributed by atoms with E-state index < -0.39 is 0 Å². The maximum absolute atomic E-state index is 5.90.